The molecule has 1 heterocycles. The molecule has 0 aliphatic heterocycles. The summed E-state index contributed by atoms with van der Waals surface area (Å²) in [6, 6.07) is 4.02. The van der Waals surface area contributed by atoms with Crippen LogP contribution in [0.1, 0.15) is 18.2 Å². The smallest absolute Gasteiger partial charge is 0.0647 e. The van der Waals surface area contributed by atoms with Crippen LogP contribution in [0.2, 0.25) is 0 Å². The molecule has 0 fully saturated rings. The molecule has 2 heteroatoms. The number of aryl methyl sites for hydroxylation is 1. The van der Waals surface area contributed by atoms with Gasteiger partial charge in [-0.15, -0.1) is 11.6 Å². The second-order valence-electron chi connectivity index (χ2n) is 2.14. The van der Waals surface area contributed by atoms with Crippen LogP contribution in [0, 0.1) is 0 Å². The largest absolute Gasteiger partial charge is 0.260 e. The van der Waals surface area contributed by atoms with E-state index in [4.69, 9.17) is 11.6 Å². The molecule has 0 N–H and O–H groups in total. The zero-order valence-electron chi connectivity index (χ0n) is 5.97. The SMILES string of the molecule is CCc1ccc(CCl)nc1. The van der Waals surface area contributed by atoms with E-state index in [0.29, 0.717) is 5.88 Å². The first kappa shape index (κ1) is 7.55. The molecule has 10 heavy (non-hydrogen) atoms. The molecule has 0 radical (unpaired) electrons. The van der Waals surface area contributed by atoms with Crippen LogP contribution in [0.15, 0.2) is 18.3 Å². The molecule has 0 saturated heterocycles. The van der Waals surface area contributed by atoms with E-state index in [1.54, 1.807) is 0 Å². The van der Waals surface area contributed by atoms with Crippen LogP contribution in [0.25, 0.3) is 0 Å². The Bertz CT molecular complexity index is 170. The van der Waals surface area contributed by atoms with E-state index in [2.05, 4.69) is 18.0 Å². The van der Waals surface area contributed by atoms with Gasteiger partial charge in [0.25, 0.3) is 0 Å². The Kier molecular flexibility index (Phi) is 2.69. The number of pyridine rings is 1. The van der Waals surface area contributed by atoms with Crippen LogP contribution < -0.4 is 0 Å². The average Bonchev–Trinajstić information content (AvgIpc) is 2.05. The maximum absolute atomic E-state index is 5.56. The molecule has 1 rings (SSSR count). The lowest BCUT2D eigenvalue weighted by Crippen LogP contribution is -1.86. The first-order chi connectivity index (χ1) is 4.86. The molecular formula is C8H10ClN. The van der Waals surface area contributed by atoms with Gasteiger partial charge in [-0.3, -0.25) is 4.98 Å². The lowest BCUT2D eigenvalue weighted by molar-refractivity contribution is 1.07. The molecule has 0 amide bonds. The van der Waals surface area contributed by atoms with Crippen LogP contribution in [0.4, 0.5) is 0 Å². The molecule has 54 valence electrons. The van der Waals surface area contributed by atoms with Crippen molar-refractivity contribution in [3.8, 4) is 0 Å². The first-order valence-electron chi connectivity index (χ1n) is 3.36. The summed E-state index contributed by atoms with van der Waals surface area (Å²) in [5.74, 6) is 0.504. The number of nitrogens with zero attached hydrogens (tertiary/aromatic N) is 1. The third kappa shape index (κ3) is 1.71. The first-order valence-corrected chi connectivity index (χ1v) is 3.90. The van der Waals surface area contributed by atoms with Gasteiger partial charge in [-0.05, 0) is 18.1 Å². The molecule has 1 aromatic heterocycles. The Morgan fingerprint density at radius 2 is 2.30 bits per heavy atom. The Morgan fingerprint density at radius 3 is 2.70 bits per heavy atom. The van der Waals surface area contributed by atoms with Crippen molar-refractivity contribution >= 4 is 11.6 Å². The van der Waals surface area contributed by atoms with Gasteiger partial charge in [-0.1, -0.05) is 13.0 Å². The van der Waals surface area contributed by atoms with E-state index in [9.17, 15) is 0 Å². The lowest BCUT2D eigenvalue weighted by atomic mass is 10.2. The molecule has 0 aromatic carbocycles. The molecular weight excluding hydrogens is 146 g/mol. The van der Waals surface area contributed by atoms with E-state index in [1.807, 2.05) is 12.3 Å². The quantitative estimate of drug-likeness (QED) is 0.598. The fourth-order valence-electron chi connectivity index (χ4n) is 0.743. The topological polar surface area (TPSA) is 12.9 Å². The Hall–Kier alpha value is -0.560. The molecule has 0 bridgehead atoms. The standard InChI is InChI=1S/C8H10ClN/c1-2-7-3-4-8(5-9)10-6-7/h3-4,6H,2,5H2,1H3. The lowest BCUT2D eigenvalue weighted by Gasteiger charge is -1.95. The third-order valence-corrected chi connectivity index (χ3v) is 1.70. The molecule has 0 atom stereocenters. The maximum Gasteiger partial charge on any atom is 0.0647 e. The van der Waals surface area contributed by atoms with Gasteiger partial charge >= 0.3 is 0 Å². The van der Waals surface area contributed by atoms with Crippen molar-refractivity contribution in [2.45, 2.75) is 19.2 Å². The molecule has 0 aliphatic rings. The summed E-state index contributed by atoms with van der Waals surface area (Å²) < 4.78 is 0. The minimum Gasteiger partial charge on any atom is -0.260 e. The summed E-state index contributed by atoms with van der Waals surface area (Å²) in [6.45, 7) is 2.11. The molecule has 0 aliphatic carbocycles. The summed E-state index contributed by atoms with van der Waals surface area (Å²) in [5.41, 5.74) is 2.20. The zero-order chi connectivity index (χ0) is 7.40. The van der Waals surface area contributed by atoms with Gasteiger partial charge in [0, 0.05) is 6.20 Å². The second kappa shape index (κ2) is 3.57. The molecule has 1 nitrogen and oxygen atoms in total. The van der Waals surface area contributed by atoms with Gasteiger partial charge in [0.2, 0.25) is 0 Å². The van der Waals surface area contributed by atoms with E-state index >= 15 is 0 Å². The number of hydrogen-bond donors (Lipinski definition) is 0. The van der Waals surface area contributed by atoms with Crippen molar-refractivity contribution in [1.82, 2.24) is 4.98 Å². The fraction of sp³-hybridized carbons (Fsp3) is 0.375. The Labute approximate surface area is 66.0 Å². The van der Waals surface area contributed by atoms with Crippen LogP contribution in [0.3, 0.4) is 0 Å². The van der Waals surface area contributed by atoms with Gasteiger partial charge in [-0.25, -0.2) is 0 Å². The van der Waals surface area contributed by atoms with Crippen molar-refractivity contribution in [3.05, 3.63) is 29.6 Å². The highest BCUT2D eigenvalue weighted by atomic mass is 35.5. The van der Waals surface area contributed by atoms with E-state index < -0.39 is 0 Å². The average molecular weight is 156 g/mol. The fourth-order valence-corrected chi connectivity index (χ4v) is 0.901. The van der Waals surface area contributed by atoms with Gasteiger partial charge in [0.15, 0.2) is 0 Å². The summed E-state index contributed by atoms with van der Waals surface area (Å²) in [5, 5.41) is 0. The van der Waals surface area contributed by atoms with E-state index in [1.165, 1.54) is 5.56 Å². The Balaban J connectivity index is 2.80. The van der Waals surface area contributed by atoms with Gasteiger partial charge in [-0.2, -0.15) is 0 Å². The van der Waals surface area contributed by atoms with Gasteiger partial charge in [0.05, 0.1) is 11.6 Å². The number of rotatable bonds is 2. The van der Waals surface area contributed by atoms with Crippen LogP contribution >= 0.6 is 11.6 Å². The molecule has 0 saturated carbocycles. The molecule has 0 unspecified atom stereocenters. The minimum atomic E-state index is 0.504. The van der Waals surface area contributed by atoms with Crippen molar-refractivity contribution < 1.29 is 0 Å². The predicted molar refractivity (Wildman–Crippen MR) is 43.2 cm³/mol. The maximum atomic E-state index is 5.56. The van der Waals surface area contributed by atoms with Crippen LogP contribution in [0.5, 0.6) is 0 Å². The number of hydrogen-bond acceptors (Lipinski definition) is 1. The van der Waals surface area contributed by atoms with Crippen molar-refractivity contribution in [2.75, 3.05) is 0 Å². The highest BCUT2D eigenvalue weighted by Crippen LogP contribution is 2.02. The van der Waals surface area contributed by atoms with Crippen LogP contribution in [-0.2, 0) is 12.3 Å². The van der Waals surface area contributed by atoms with Crippen molar-refractivity contribution in [3.63, 3.8) is 0 Å². The number of alkyl halides is 1. The summed E-state index contributed by atoms with van der Waals surface area (Å²) >= 11 is 5.56. The van der Waals surface area contributed by atoms with Crippen molar-refractivity contribution in [2.24, 2.45) is 0 Å². The molecule has 0 spiro atoms. The summed E-state index contributed by atoms with van der Waals surface area (Å²) in [6.07, 6.45) is 2.91. The third-order valence-electron chi connectivity index (χ3n) is 1.43. The van der Waals surface area contributed by atoms with Crippen molar-refractivity contribution in [1.29, 1.82) is 0 Å². The van der Waals surface area contributed by atoms with Gasteiger partial charge in [0.1, 0.15) is 0 Å². The minimum absolute atomic E-state index is 0.504. The highest BCUT2D eigenvalue weighted by molar-refractivity contribution is 6.16. The highest BCUT2D eigenvalue weighted by Gasteiger charge is 1.90. The normalized spacial score (nSPS) is 9.80. The van der Waals surface area contributed by atoms with E-state index in [0.717, 1.165) is 12.1 Å². The monoisotopic (exact) mass is 155 g/mol. The summed E-state index contributed by atoms with van der Waals surface area (Å²) in [7, 11) is 0. The number of aromatic nitrogens is 1. The molecule has 1 aromatic rings. The summed E-state index contributed by atoms with van der Waals surface area (Å²) in [4.78, 5) is 4.14. The van der Waals surface area contributed by atoms with E-state index in [-0.39, 0.29) is 0 Å². The zero-order valence-corrected chi connectivity index (χ0v) is 6.73. The number of halogens is 1. The van der Waals surface area contributed by atoms with Crippen LogP contribution in [-0.4, -0.2) is 4.98 Å². The Morgan fingerprint density at radius 1 is 1.50 bits per heavy atom. The predicted octanol–water partition coefficient (Wildman–Crippen LogP) is 2.38. The second-order valence-corrected chi connectivity index (χ2v) is 2.41. The van der Waals surface area contributed by atoms with Gasteiger partial charge < -0.3 is 0 Å².